The Balaban J connectivity index is 2.58. The van der Waals surface area contributed by atoms with E-state index in [4.69, 9.17) is 11.5 Å². The number of anilines is 1. The largest absolute Gasteiger partial charge is 0.480 e. The van der Waals surface area contributed by atoms with Gasteiger partial charge in [0.1, 0.15) is 6.54 Å². The van der Waals surface area contributed by atoms with Gasteiger partial charge in [0, 0.05) is 11.3 Å². The molecule has 0 aliphatic carbocycles. The molecule has 1 aromatic rings. The number of aliphatic carboxylic acids is 1. The van der Waals surface area contributed by atoms with E-state index in [1.165, 1.54) is 0 Å². The fraction of sp³-hybridized carbons (Fsp3) is 0.167. The maximum absolute atomic E-state index is 11.4. The van der Waals surface area contributed by atoms with Crippen molar-refractivity contribution in [1.29, 1.82) is 0 Å². The Hall–Kier alpha value is -2.48. The van der Waals surface area contributed by atoms with Gasteiger partial charge in [-0.2, -0.15) is 0 Å². The van der Waals surface area contributed by atoms with Crippen LogP contribution in [0.25, 0.3) is 0 Å². The fourth-order valence-corrected chi connectivity index (χ4v) is 1.15. The molecule has 0 spiro atoms. The van der Waals surface area contributed by atoms with E-state index in [1.807, 2.05) is 0 Å². The molecule has 0 saturated heterocycles. The highest BCUT2D eigenvalue weighted by atomic mass is 16.4. The van der Waals surface area contributed by atoms with Crippen LogP contribution in [0.15, 0.2) is 24.3 Å². The van der Waals surface area contributed by atoms with Crippen molar-refractivity contribution >= 4 is 17.6 Å². The second-order valence-electron chi connectivity index (χ2n) is 3.21. The normalized spacial score (nSPS) is 9.12. The van der Waals surface area contributed by atoms with Crippen LogP contribution < -0.4 is 10.6 Å². The first-order valence-electron chi connectivity index (χ1n) is 4.91. The van der Waals surface area contributed by atoms with E-state index in [0.717, 1.165) is 5.69 Å². The Morgan fingerprint density at radius 3 is 2.47 bits per heavy atom. The zero-order valence-electron chi connectivity index (χ0n) is 9.06. The minimum atomic E-state index is -1.08. The molecule has 0 unspecified atom stereocenters. The van der Waals surface area contributed by atoms with Gasteiger partial charge in [-0.1, -0.05) is 5.92 Å². The predicted octanol–water partition coefficient (Wildman–Crippen LogP) is 0.546. The summed E-state index contributed by atoms with van der Waals surface area (Å²) in [4.78, 5) is 21.7. The van der Waals surface area contributed by atoms with Crippen molar-refractivity contribution in [2.45, 2.75) is 0 Å². The molecule has 0 aliphatic heterocycles. The quantitative estimate of drug-likeness (QED) is 0.648. The van der Waals surface area contributed by atoms with Crippen LogP contribution in [0.4, 0.5) is 5.69 Å². The van der Waals surface area contributed by atoms with Crippen molar-refractivity contribution in [1.82, 2.24) is 5.32 Å². The van der Waals surface area contributed by atoms with Crippen molar-refractivity contribution < 1.29 is 14.7 Å². The summed E-state index contributed by atoms with van der Waals surface area (Å²) < 4.78 is 0. The zero-order chi connectivity index (χ0) is 12.7. The molecule has 1 amide bonds. The second-order valence-corrected chi connectivity index (χ2v) is 3.21. The van der Waals surface area contributed by atoms with E-state index in [-0.39, 0.29) is 0 Å². The maximum Gasteiger partial charge on any atom is 0.322 e. The van der Waals surface area contributed by atoms with Gasteiger partial charge in [0.2, 0.25) is 0 Å². The number of amides is 1. The van der Waals surface area contributed by atoms with Gasteiger partial charge < -0.3 is 15.7 Å². The van der Waals surface area contributed by atoms with Crippen molar-refractivity contribution in [2.75, 3.05) is 18.4 Å². The van der Waals surface area contributed by atoms with E-state index in [0.29, 0.717) is 12.1 Å². The molecule has 0 bridgehead atoms. The van der Waals surface area contributed by atoms with Crippen LogP contribution in [0.1, 0.15) is 10.4 Å². The summed E-state index contributed by atoms with van der Waals surface area (Å²) in [6.45, 7) is 0.0144. The standard InChI is InChI=1S/C12H12N2O3/c1-2-7-13-10-5-3-9(4-6-10)12(17)14-8-11(15)16/h1,3-6,13H,7-8H2,(H,14,17)(H,15,16). The number of carboxylic acid groups (broad SMARTS) is 1. The molecule has 88 valence electrons. The minimum absolute atomic E-state index is 0.393. The molecular weight excluding hydrogens is 220 g/mol. The van der Waals surface area contributed by atoms with Gasteiger partial charge in [-0.15, -0.1) is 6.42 Å². The van der Waals surface area contributed by atoms with Gasteiger partial charge in [0.05, 0.1) is 6.54 Å². The number of carbonyl (C=O) groups is 2. The molecule has 0 aliphatic rings. The number of hydrogen-bond donors (Lipinski definition) is 3. The molecule has 1 rings (SSSR count). The van der Waals surface area contributed by atoms with E-state index in [2.05, 4.69) is 16.6 Å². The molecule has 1 aromatic carbocycles. The lowest BCUT2D eigenvalue weighted by Gasteiger charge is -2.05. The van der Waals surface area contributed by atoms with E-state index in [9.17, 15) is 9.59 Å². The predicted molar refractivity (Wildman–Crippen MR) is 63.7 cm³/mol. The average molecular weight is 232 g/mol. The number of rotatable bonds is 5. The van der Waals surface area contributed by atoms with Crippen LogP contribution in [0.3, 0.4) is 0 Å². The van der Waals surface area contributed by atoms with Crippen molar-refractivity contribution in [3.63, 3.8) is 0 Å². The molecular formula is C12H12N2O3. The highest BCUT2D eigenvalue weighted by Crippen LogP contribution is 2.08. The first kappa shape index (κ1) is 12.6. The molecule has 5 nitrogen and oxygen atoms in total. The molecule has 0 atom stereocenters. The van der Waals surface area contributed by atoms with Crippen LogP contribution in [-0.4, -0.2) is 30.1 Å². The Morgan fingerprint density at radius 1 is 1.29 bits per heavy atom. The monoisotopic (exact) mass is 232 g/mol. The first-order chi connectivity index (χ1) is 8.13. The smallest absolute Gasteiger partial charge is 0.322 e. The Morgan fingerprint density at radius 2 is 1.94 bits per heavy atom. The molecule has 5 heteroatoms. The number of carbonyl (C=O) groups excluding carboxylic acids is 1. The molecule has 0 aromatic heterocycles. The summed E-state index contributed by atoms with van der Waals surface area (Å²) in [6, 6.07) is 6.59. The van der Waals surface area contributed by atoms with Crippen LogP contribution in [0, 0.1) is 12.3 Å². The summed E-state index contributed by atoms with van der Waals surface area (Å²) in [5, 5.41) is 13.6. The van der Waals surface area contributed by atoms with Crippen LogP contribution >= 0.6 is 0 Å². The highest BCUT2D eigenvalue weighted by molar-refractivity contribution is 5.96. The van der Waals surface area contributed by atoms with Crippen molar-refractivity contribution in [3.8, 4) is 12.3 Å². The third kappa shape index (κ3) is 4.26. The van der Waals surface area contributed by atoms with Crippen LogP contribution in [0.5, 0.6) is 0 Å². The van der Waals surface area contributed by atoms with Gasteiger partial charge in [0.15, 0.2) is 0 Å². The summed E-state index contributed by atoms with van der Waals surface area (Å²) in [5.74, 6) is 0.932. The number of carboxylic acids is 1. The van der Waals surface area contributed by atoms with Gasteiger partial charge in [-0.3, -0.25) is 9.59 Å². The molecule has 0 heterocycles. The molecule has 0 fully saturated rings. The van der Waals surface area contributed by atoms with E-state index in [1.54, 1.807) is 24.3 Å². The number of hydrogen-bond acceptors (Lipinski definition) is 3. The number of nitrogens with one attached hydrogen (secondary N) is 2. The number of benzene rings is 1. The van der Waals surface area contributed by atoms with Gasteiger partial charge in [-0.05, 0) is 24.3 Å². The van der Waals surface area contributed by atoms with Crippen molar-refractivity contribution in [3.05, 3.63) is 29.8 Å². The Kier molecular flexibility index (Phi) is 4.58. The molecule has 0 radical (unpaired) electrons. The maximum atomic E-state index is 11.4. The molecule has 3 N–H and O–H groups in total. The van der Waals surface area contributed by atoms with Gasteiger partial charge >= 0.3 is 5.97 Å². The minimum Gasteiger partial charge on any atom is -0.480 e. The molecule has 17 heavy (non-hydrogen) atoms. The lowest BCUT2D eigenvalue weighted by atomic mass is 10.2. The Labute approximate surface area is 98.8 Å². The van der Waals surface area contributed by atoms with Gasteiger partial charge in [-0.25, -0.2) is 0 Å². The third-order valence-electron chi connectivity index (χ3n) is 1.94. The second kappa shape index (κ2) is 6.18. The average Bonchev–Trinajstić information content (AvgIpc) is 2.34. The Bertz CT molecular complexity index is 446. The van der Waals surface area contributed by atoms with E-state index >= 15 is 0 Å². The summed E-state index contributed by atoms with van der Waals surface area (Å²) in [6.07, 6.45) is 5.09. The van der Waals surface area contributed by atoms with Gasteiger partial charge in [0.25, 0.3) is 5.91 Å². The lowest BCUT2D eigenvalue weighted by Crippen LogP contribution is -2.29. The van der Waals surface area contributed by atoms with E-state index < -0.39 is 18.4 Å². The summed E-state index contributed by atoms with van der Waals surface area (Å²) >= 11 is 0. The SMILES string of the molecule is C#CCNc1ccc(C(=O)NCC(=O)O)cc1. The topological polar surface area (TPSA) is 78.4 Å². The van der Waals surface area contributed by atoms with Crippen molar-refractivity contribution in [2.24, 2.45) is 0 Å². The number of terminal acetylenes is 1. The summed E-state index contributed by atoms with van der Waals surface area (Å²) in [7, 11) is 0. The zero-order valence-corrected chi connectivity index (χ0v) is 9.06. The molecule has 0 saturated carbocycles. The van der Waals surface area contributed by atoms with Crippen LogP contribution in [0.2, 0.25) is 0 Å². The first-order valence-corrected chi connectivity index (χ1v) is 4.91. The summed E-state index contributed by atoms with van der Waals surface area (Å²) in [5.41, 5.74) is 1.20. The lowest BCUT2D eigenvalue weighted by molar-refractivity contribution is -0.135. The van der Waals surface area contributed by atoms with Crippen LogP contribution in [-0.2, 0) is 4.79 Å². The third-order valence-corrected chi connectivity index (χ3v) is 1.94. The highest BCUT2D eigenvalue weighted by Gasteiger charge is 2.06. The fourth-order valence-electron chi connectivity index (χ4n) is 1.15.